The first kappa shape index (κ1) is 8.05. The van der Waals surface area contributed by atoms with Crippen LogP contribution >= 0.6 is 0 Å². The van der Waals surface area contributed by atoms with Gasteiger partial charge in [0.25, 0.3) is 0 Å². The molecule has 0 bridgehead atoms. The largest absolute Gasteiger partial charge is 0.369 e. The third-order valence-corrected chi connectivity index (χ3v) is 3.30. The Morgan fingerprint density at radius 2 is 2.08 bits per heavy atom. The highest BCUT2D eigenvalue weighted by atomic mass is 16.1. The second-order valence-corrected chi connectivity index (χ2v) is 3.97. The Kier molecular flexibility index (Phi) is 2.05. The highest BCUT2D eigenvalue weighted by molar-refractivity contribution is 5.77. The van der Waals surface area contributed by atoms with Crippen LogP contribution in [0.4, 0.5) is 0 Å². The number of rotatable bonds is 1. The lowest BCUT2D eigenvalue weighted by atomic mass is 9.80. The van der Waals surface area contributed by atoms with Crippen LogP contribution in [0.5, 0.6) is 0 Å². The minimum Gasteiger partial charge on any atom is -0.369 e. The molecule has 0 aromatic carbocycles. The monoisotopic (exact) mass is 168 g/mol. The topological polar surface area (TPSA) is 55.1 Å². The number of nitrogens with two attached hydrogens (primary N) is 1. The molecule has 12 heavy (non-hydrogen) atoms. The highest BCUT2D eigenvalue weighted by Gasteiger charge is 2.39. The third kappa shape index (κ3) is 1.22. The van der Waals surface area contributed by atoms with Gasteiger partial charge in [-0.1, -0.05) is 12.8 Å². The predicted molar refractivity (Wildman–Crippen MR) is 46.4 cm³/mol. The number of nitrogens with one attached hydrogen (secondary N) is 1. The molecule has 3 atom stereocenters. The first-order valence-corrected chi connectivity index (χ1v) is 4.82. The molecular weight excluding hydrogens is 152 g/mol. The summed E-state index contributed by atoms with van der Waals surface area (Å²) in [5.41, 5.74) is 5.33. The maximum atomic E-state index is 11.0. The van der Waals surface area contributed by atoms with Crippen molar-refractivity contribution in [2.45, 2.75) is 31.7 Å². The van der Waals surface area contributed by atoms with E-state index in [1.54, 1.807) is 0 Å². The molecule has 2 rings (SSSR count). The number of fused-ring (bicyclic) bond motifs is 1. The first-order chi connectivity index (χ1) is 5.79. The van der Waals surface area contributed by atoms with E-state index in [-0.39, 0.29) is 11.8 Å². The van der Waals surface area contributed by atoms with Crippen molar-refractivity contribution in [3.8, 4) is 0 Å². The molecule has 1 heterocycles. The summed E-state index contributed by atoms with van der Waals surface area (Å²) >= 11 is 0. The van der Waals surface area contributed by atoms with Crippen LogP contribution in [-0.2, 0) is 4.79 Å². The molecule has 1 amide bonds. The zero-order valence-electron chi connectivity index (χ0n) is 7.25. The van der Waals surface area contributed by atoms with Crippen LogP contribution in [-0.4, -0.2) is 18.5 Å². The van der Waals surface area contributed by atoms with E-state index in [1.807, 2.05) is 0 Å². The summed E-state index contributed by atoms with van der Waals surface area (Å²) < 4.78 is 0. The molecule has 0 aromatic heterocycles. The van der Waals surface area contributed by atoms with E-state index in [1.165, 1.54) is 25.7 Å². The predicted octanol–water partition coefficient (Wildman–Crippen LogP) is 0.250. The van der Waals surface area contributed by atoms with Crippen molar-refractivity contribution < 1.29 is 4.79 Å². The van der Waals surface area contributed by atoms with Crippen molar-refractivity contribution in [2.24, 2.45) is 17.6 Å². The average molecular weight is 168 g/mol. The van der Waals surface area contributed by atoms with Gasteiger partial charge in [0.1, 0.15) is 0 Å². The van der Waals surface area contributed by atoms with Crippen LogP contribution in [0.3, 0.4) is 0 Å². The summed E-state index contributed by atoms with van der Waals surface area (Å²) in [6.45, 7) is 0.810. The van der Waals surface area contributed by atoms with Gasteiger partial charge in [0.2, 0.25) is 5.91 Å². The summed E-state index contributed by atoms with van der Waals surface area (Å²) in [5, 5.41) is 3.39. The van der Waals surface area contributed by atoms with Crippen molar-refractivity contribution in [1.82, 2.24) is 5.32 Å². The van der Waals surface area contributed by atoms with Gasteiger partial charge in [-0.3, -0.25) is 4.79 Å². The van der Waals surface area contributed by atoms with E-state index >= 15 is 0 Å². The number of primary amides is 1. The van der Waals surface area contributed by atoms with E-state index in [0.29, 0.717) is 12.0 Å². The zero-order valence-corrected chi connectivity index (χ0v) is 7.25. The normalized spacial score (nSPS) is 40.8. The molecule has 3 N–H and O–H groups in total. The van der Waals surface area contributed by atoms with Gasteiger partial charge in [-0.05, 0) is 18.8 Å². The first-order valence-electron chi connectivity index (χ1n) is 4.82. The van der Waals surface area contributed by atoms with Crippen LogP contribution in [0.25, 0.3) is 0 Å². The number of hydrogen-bond donors (Lipinski definition) is 2. The highest BCUT2D eigenvalue weighted by Crippen LogP contribution is 2.34. The number of hydrogen-bond acceptors (Lipinski definition) is 2. The number of carbonyl (C=O) groups is 1. The van der Waals surface area contributed by atoms with Gasteiger partial charge in [0.15, 0.2) is 0 Å². The summed E-state index contributed by atoms with van der Waals surface area (Å²) in [5.74, 6) is 0.531. The van der Waals surface area contributed by atoms with Crippen LogP contribution in [0.15, 0.2) is 0 Å². The Labute approximate surface area is 72.7 Å². The van der Waals surface area contributed by atoms with Crippen LogP contribution in [0.1, 0.15) is 25.7 Å². The lowest BCUT2D eigenvalue weighted by molar-refractivity contribution is -0.122. The summed E-state index contributed by atoms with van der Waals surface area (Å²) in [6, 6.07) is 0.580. The molecule has 3 nitrogen and oxygen atoms in total. The maximum Gasteiger partial charge on any atom is 0.222 e. The van der Waals surface area contributed by atoms with Gasteiger partial charge in [-0.15, -0.1) is 0 Å². The van der Waals surface area contributed by atoms with Crippen molar-refractivity contribution in [2.75, 3.05) is 6.54 Å². The molecular formula is C9H16N2O. The molecule has 3 heteroatoms. The van der Waals surface area contributed by atoms with Crippen molar-refractivity contribution in [1.29, 1.82) is 0 Å². The van der Waals surface area contributed by atoms with E-state index in [2.05, 4.69) is 5.32 Å². The molecule has 1 aliphatic carbocycles. The SMILES string of the molecule is NC(=O)[C@@H]1CN[C@H]2CCCC[C@@H]21. The lowest BCUT2D eigenvalue weighted by Gasteiger charge is -2.26. The quantitative estimate of drug-likeness (QED) is 0.589. The van der Waals surface area contributed by atoms with Gasteiger partial charge in [0.05, 0.1) is 5.92 Å². The summed E-state index contributed by atoms with van der Waals surface area (Å²) in [6.07, 6.45) is 4.99. The van der Waals surface area contributed by atoms with Gasteiger partial charge in [0, 0.05) is 12.6 Å². The molecule has 0 aromatic rings. The fourth-order valence-corrected chi connectivity index (χ4v) is 2.64. The molecule has 0 radical (unpaired) electrons. The Morgan fingerprint density at radius 3 is 2.83 bits per heavy atom. The van der Waals surface area contributed by atoms with Gasteiger partial charge in [-0.25, -0.2) is 0 Å². The molecule has 0 spiro atoms. The molecule has 0 unspecified atom stereocenters. The molecule has 1 saturated heterocycles. The fourth-order valence-electron chi connectivity index (χ4n) is 2.64. The number of carbonyl (C=O) groups excluding carboxylic acids is 1. The minimum atomic E-state index is -0.114. The Bertz CT molecular complexity index is 193. The van der Waals surface area contributed by atoms with Gasteiger partial charge >= 0.3 is 0 Å². The lowest BCUT2D eigenvalue weighted by Crippen LogP contribution is -2.33. The molecule has 2 aliphatic rings. The van der Waals surface area contributed by atoms with E-state index in [9.17, 15) is 4.79 Å². The van der Waals surface area contributed by atoms with Crippen molar-refractivity contribution in [3.05, 3.63) is 0 Å². The van der Waals surface area contributed by atoms with Crippen molar-refractivity contribution >= 4 is 5.91 Å². The summed E-state index contributed by atoms with van der Waals surface area (Å²) in [7, 11) is 0. The van der Waals surface area contributed by atoms with Gasteiger partial charge in [-0.2, -0.15) is 0 Å². The van der Waals surface area contributed by atoms with E-state index in [4.69, 9.17) is 5.73 Å². The van der Waals surface area contributed by atoms with Gasteiger partial charge < -0.3 is 11.1 Å². The Hall–Kier alpha value is -0.570. The second kappa shape index (κ2) is 3.05. The van der Waals surface area contributed by atoms with Crippen molar-refractivity contribution in [3.63, 3.8) is 0 Å². The number of amides is 1. The van der Waals surface area contributed by atoms with Crippen LogP contribution < -0.4 is 11.1 Å². The van der Waals surface area contributed by atoms with Crippen LogP contribution in [0.2, 0.25) is 0 Å². The standard InChI is InChI=1S/C9H16N2O/c10-9(12)7-5-11-8-4-2-1-3-6(7)8/h6-8,11H,1-5H2,(H2,10,12)/t6-,7-,8+/m1/s1. The molecule has 1 aliphatic heterocycles. The van der Waals surface area contributed by atoms with E-state index < -0.39 is 0 Å². The smallest absolute Gasteiger partial charge is 0.222 e. The average Bonchev–Trinajstić information content (AvgIpc) is 2.47. The molecule has 2 fully saturated rings. The van der Waals surface area contributed by atoms with E-state index in [0.717, 1.165) is 6.54 Å². The minimum absolute atomic E-state index is 0.107. The maximum absolute atomic E-state index is 11.0. The molecule has 68 valence electrons. The third-order valence-electron chi connectivity index (χ3n) is 3.30. The Balaban J connectivity index is 2.05. The Morgan fingerprint density at radius 1 is 1.33 bits per heavy atom. The summed E-state index contributed by atoms with van der Waals surface area (Å²) in [4.78, 5) is 11.0. The molecule has 1 saturated carbocycles. The fraction of sp³-hybridized carbons (Fsp3) is 0.889. The second-order valence-electron chi connectivity index (χ2n) is 3.97. The zero-order chi connectivity index (χ0) is 8.55. The van der Waals surface area contributed by atoms with Crippen LogP contribution in [0, 0.1) is 11.8 Å².